The van der Waals surface area contributed by atoms with Crippen molar-refractivity contribution in [2.24, 2.45) is 17.3 Å². The predicted octanol–water partition coefficient (Wildman–Crippen LogP) is 10.6. The van der Waals surface area contributed by atoms with E-state index in [1.54, 1.807) is 0 Å². The number of carbonyl (C=O) groups is 1. The fraction of sp³-hybridized carbons (Fsp3) is 0.909. The lowest BCUT2D eigenvalue weighted by Gasteiger charge is -2.46. The van der Waals surface area contributed by atoms with Crippen LogP contribution in [0.5, 0.6) is 0 Å². The number of carbonyl (C=O) groups excluding carboxylic acids is 1. The third-order valence-electron chi connectivity index (χ3n) is 5.72. The lowest BCUT2D eigenvalue weighted by Crippen LogP contribution is -2.49. The SMILES string of the molecule is C.C.C=C.CCC(CC)C(=O)OOC(C)(C)C.CCCC(C)(C)OOC1(OOC(C)(C)C)CC(C)CC(C)(C)C1. The molecule has 1 aliphatic rings. The maximum atomic E-state index is 11.3. The van der Waals surface area contributed by atoms with Gasteiger partial charge in [0.15, 0.2) is 0 Å². The van der Waals surface area contributed by atoms with Crippen molar-refractivity contribution in [3.8, 4) is 0 Å². The summed E-state index contributed by atoms with van der Waals surface area (Å²) in [5.74, 6) is -0.665. The summed E-state index contributed by atoms with van der Waals surface area (Å²) in [7, 11) is 0. The van der Waals surface area contributed by atoms with Crippen LogP contribution in [0.15, 0.2) is 13.2 Å². The molecule has 0 saturated heterocycles. The van der Waals surface area contributed by atoms with Gasteiger partial charge in [-0.1, -0.05) is 62.8 Å². The van der Waals surface area contributed by atoms with Gasteiger partial charge in [0.2, 0.25) is 5.79 Å². The van der Waals surface area contributed by atoms with Crippen LogP contribution in [0, 0.1) is 17.3 Å². The minimum absolute atomic E-state index is 0. The molecule has 40 heavy (non-hydrogen) atoms. The molecular formula is C33H70O7. The first-order valence-corrected chi connectivity index (χ1v) is 14.3. The van der Waals surface area contributed by atoms with Crippen LogP contribution in [0.4, 0.5) is 0 Å². The molecule has 7 heteroatoms. The first-order valence-electron chi connectivity index (χ1n) is 14.3. The molecule has 0 aromatic heterocycles. The minimum Gasteiger partial charge on any atom is -0.298 e. The summed E-state index contributed by atoms with van der Waals surface area (Å²) in [5.41, 5.74) is -1.03. The van der Waals surface area contributed by atoms with Crippen molar-refractivity contribution in [1.82, 2.24) is 0 Å². The fourth-order valence-electron chi connectivity index (χ4n) is 4.45. The summed E-state index contributed by atoms with van der Waals surface area (Å²) in [6.45, 7) is 34.3. The molecule has 0 amide bonds. The Morgan fingerprint density at radius 1 is 0.825 bits per heavy atom. The van der Waals surface area contributed by atoms with E-state index in [2.05, 4.69) is 40.9 Å². The summed E-state index contributed by atoms with van der Waals surface area (Å²) in [5, 5.41) is 0. The van der Waals surface area contributed by atoms with Crippen LogP contribution >= 0.6 is 0 Å². The molecule has 0 aromatic carbocycles. The third kappa shape index (κ3) is 21.7. The Kier molecular flexibility index (Phi) is 23.0. The zero-order chi connectivity index (χ0) is 30.4. The molecule has 0 spiro atoms. The van der Waals surface area contributed by atoms with Gasteiger partial charge in [0, 0.05) is 12.8 Å². The van der Waals surface area contributed by atoms with E-state index in [9.17, 15) is 4.79 Å². The van der Waals surface area contributed by atoms with E-state index < -0.39 is 11.4 Å². The number of hydrogen-bond donors (Lipinski definition) is 0. The van der Waals surface area contributed by atoms with Gasteiger partial charge >= 0.3 is 5.97 Å². The van der Waals surface area contributed by atoms with E-state index in [0.717, 1.165) is 44.9 Å². The molecule has 2 unspecified atom stereocenters. The van der Waals surface area contributed by atoms with Crippen molar-refractivity contribution >= 4 is 5.97 Å². The van der Waals surface area contributed by atoms with Crippen LogP contribution in [0.1, 0.15) is 157 Å². The van der Waals surface area contributed by atoms with Gasteiger partial charge in [-0.2, -0.15) is 14.7 Å². The Morgan fingerprint density at radius 2 is 1.27 bits per heavy atom. The number of rotatable bonds is 11. The van der Waals surface area contributed by atoms with E-state index in [1.165, 1.54) is 0 Å². The highest BCUT2D eigenvalue weighted by Gasteiger charge is 2.48. The van der Waals surface area contributed by atoms with Gasteiger partial charge in [0.25, 0.3) is 0 Å². The topological polar surface area (TPSA) is 72.5 Å². The molecule has 0 bridgehead atoms. The minimum atomic E-state index is -0.848. The Hall–Kier alpha value is -0.990. The maximum Gasteiger partial charge on any atom is 0.345 e. The van der Waals surface area contributed by atoms with Gasteiger partial charge in [-0.15, -0.1) is 13.2 Å². The van der Waals surface area contributed by atoms with Crippen LogP contribution < -0.4 is 0 Å². The monoisotopic (exact) mass is 579 g/mol. The van der Waals surface area contributed by atoms with Crippen LogP contribution in [0.25, 0.3) is 0 Å². The lowest BCUT2D eigenvalue weighted by molar-refractivity contribution is -0.552. The van der Waals surface area contributed by atoms with E-state index in [0.29, 0.717) is 5.92 Å². The van der Waals surface area contributed by atoms with Crippen molar-refractivity contribution < 1.29 is 34.1 Å². The Balaban J connectivity index is -0.000000328. The van der Waals surface area contributed by atoms with Gasteiger partial charge in [-0.05, 0) is 92.4 Å². The predicted molar refractivity (Wildman–Crippen MR) is 168 cm³/mol. The molecule has 1 saturated carbocycles. The fourth-order valence-corrected chi connectivity index (χ4v) is 4.45. The smallest absolute Gasteiger partial charge is 0.298 e. The molecule has 0 aliphatic heterocycles. The first-order chi connectivity index (χ1) is 17.2. The molecule has 244 valence electrons. The highest BCUT2D eigenvalue weighted by atomic mass is 17.3. The van der Waals surface area contributed by atoms with Gasteiger partial charge in [-0.3, -0.25) is 4.89 Å². The molecule has 0 N–H and O–H groups in total. The second kappa shape index (κ2) is 20.0. The zero-order valence-electron chi connectivity index (χ0n) is 27.4. The number of hydrogen-bond acceptors (Lipinski definition) is 7. The summed E-state index contributed by atoms with van der Waals surface area (Å²) in [4.78, 5) is 44.2. The van der Waals surface area contributed by atoms with E-state index in [1.807, 2.05) is 69.2 Å². The standard InChI is InChI=1S/C19H38O4.C10H20O3.C2H4.2CH4/c1-10-11-18(8,9)21-23-19(22-20-16(3,4)5)13-15(2)12-17(6,7)14-19;1-6-8(7-2)9(11)12-13-10(3,4)5;1-2;;/h15H,10-14H2,1-9H3;8H,6-7H2,1-5H3;1-2H2;2*1H4. The Bertz CT molecular complexity index is 642. The molecule has 0 heterocycles. The van der Waals surface area contributed by atoms with Crippen molar-refractivity contribution in [2.45, 2.75) is 179 Å². The van der Waals surface area contributed by atoms with Crippen LogP contribution in [0.3, 0.4) is 0 Å². The van der Waals surface area contributed by atoms with Crippen molar-refractivity contribution in [2.75, 3.05) is 0 Å². The Labute approximate surface area is 249 Å². The lowest BCUT2D eigenvalue weighted by atomic mass is 9.70. The highest BCUT2D eigenvalue weighted by molar-refractivity contribution is 5.71. The average molecular weight is 579 g/mol. The molecule has 0 radical (unpaired) electrons. The molecular weight excluding hydrogens is 508 g/mol. The van der Waals surface area contributed by atoms with Gasteiger partial charge < -0.3 is 0 Å². The van der Waals surface area contributed by atoms with E-state index >= 15 is 0 Å². The van der Waals surface area contributed by atoms with Crippen molar-refractivity contribution in [3.63, 3.8) is 0 Å². The second-order valence-electron chi connectivity index (χ2n) is 13.8. The molecule has 1 fully saturated rings. The third-order valence-corrected chi connectivity index (χ3v) is 5.72. The molecule has 0 aromatic rings. The van der Waals surface area contributed by atoms with E-state index in [-0.39, 0.29) is 43.4 Å². The van der Waals surface area contributed by atoms with Gasteiger partial charge in [-0.25, -0.2) is 14.6 Å². The van der Waals surface area contributed by atoms with Crippen molar-refractivity contribution in [1.29, 1.82) is 0 Å². The summed E-state index contributed by atoms with van der Waals surface area (Å²) >= 11 is 0. The second-order valence-corrected chi connectivity index (χ2v) is 13.8. The summed E-state index contributed by atoms with van der Waals surface area (Å²) < 4.78 is 0. The zero-order valence-corrected chi connectivity index (χ0v) is 27.4. The van der Waals surface area contributed by atoms with Gasteiger partial charge in [0.1, 0.15) is 5.60 Å². The van der Waals surface area contributed by atoms with Crippen LogP contribution in [-0.4, -0.2) is 28.6 Å². The quantitative estimate of drug-likeness (QED) is 0.104. The maximum absolute atomic E-state index is 11.3. The first kappa shape index (κ1) is 46.0. The Morgan fingerprint density at radius 3 is 1.65 bits per heavy atom. The normalized spacial score (nSPS) is 20.5. The van der Waals surface area contributed by atoms with E-state index in [4.69, 9.17) is 29.3 Å². The van der Waals surface area contributed by atoms with Crippen LogP contribution in [-0.2, 0) is 34.1 Å². The van der Waals surface area contributed by atoms with Crippen LogP contribution in [0.2, 0.25) is 0 Å². The highest BCUT2D eigenvalue weighted by Crippen LogP contribution is 2.47. The molecule has 2 atom stereocenters. The average Bonchev–Trinajstić information content (AvgIpc) is 2.76. The summed E-state index contributed by atoms with van der Waals surface area (Å²) in [6, 6.07) is 0. The summed E-state index contributed by atoms with van der Waals surface area (Å²) in [6.07, 6.45) is 6.24. The molecule has 1 rings (SSSR count). The van der Waals surface area contributed by atoms with Gasteiger partial charge in [0.05, 0.1) is 17.1 Å². The molecule has 7 nitrogen and oxygen atoms in total. The van der Waals surface area contributed by atoms with Crippen molar-refractivity contribution in [3.05, 3.63) is 13.2 Å². The largest absolute Gasteiger partial charge is 0.345 e. The molecule has 1 aliphatic carbocycles.